The van der Waals surface area contributed by atoms with E-state index < -0.39 is 75.8 Å². The van der Waals surface area contributed by atoms with Gasteiger partial charge in [0.05, 0.1) is 22.9 Å². The molecular formula is C35H48F2N4O6S. The molecule has 13 heteroatoms. The lowest BCUT2D eigenvalue weighted by atomic mass is 9.86. The van der Waals surface area contributed by atoms with E-state index in [1.165, 1.54) is 13.8 Å². The number of rotatable bonds is 18. The first-order valence-electron chi connectivity index (χ1n) is 16.5. The Morgan fingerprint density at radius 2 is 1.60 bits per heavy atom. The number of amides is 4. The fourth-order valence-electron chi connectivity index (χ4n) is 6.15. The van der Waals surface area contributed by atoms with E-state index in [9.17, 15) is 36.7 Å². The van der Waals surface area contributed by atoms with Crippen LogP contribution in [0.1, 0.15) is 77.0 Å². The number of imide groups is 1. The molecule has 2 aromatic carbocycles. The van der Waals surface area contributed by atoms with Crippen LogP contribution in [0.3, 0.4) is 0 Å². The van der Waals surface area contributed by atoms with Gasteiger partial charge in [0, 0.05) is 25.7 Å². The molecule has 48 heavy (non-hydrogen) atoms. The van der Waals surface area contributed by atoms with Crippen molar-refractivity contribution < 1.29 is 36.7 Å². The number of nitrogens with one attached hydrogen (secondary N) is 3. The van der Waals surface area contributed by atoms with E-state index >= 15 is 0 Å². The highest BCUT2D eigenvalue weighted by atomic mass is 32.2. The van der Waals surface area contributed by atoms with Crippen molar-refractivity contribution in [1.29, 1.82) is 0 Å². The fourth-order valence-corrected chi connectivity index (χ4v) is 7.07. The first-order chi connectivity index (χ1) is 22.7. The Morgan fingerprint density at radius 1 is 0.979 bits per heavy atom. The fraction of sp³-hybridized carbons (Fsp3) is 0.543. The predicted molar refractivity (Wildman–Crippen MR) is 181 cm³/mol. The van der Waals surface area contributed by atoms with Gasteiger partial charge in [-0.15, -0.1) is 0 Å². The number of halogens is 2. The Hall–Kier alpha value is -3.68. The highest BCUT2D eigenvalue weighted by Gasteiger charge is 2.47. The van der Waals surface area contributed by atoms with Gasteiger partial charge in [-0.3, -0.25) is 14.5 Å². The molecule has 0 spiro atoms. The van der Waals surface area contributed by atoms with Crippen molar-refractivity contribution in [1.82, 2.24) is 20.9 Å². The molecule has 1 aliphatic rings. The Morgan fingerprint density at radius 3 is 2.15 bits per heavy atom. The topological polar surface area (TPSA) is 145 Å². The van der Waals surface area contributed by atoms with Crippen LogP contribution in [-0.2, 0) is 39.3 Å². The highest BCUT2D eigenvalue weighted by molar-refractivity contribution is 7.73. The maximum Gasteiger partial charge on any atom is 0.325 e. The number of hydrogen-bond donors (Lipinski definition) is 4. The smallest absolute Gasteiger partial charge is 0.325 e. The SMILES string of the molecule is CCCC(CCC)C(C(CN1C(=O)NC(C)(C)C1=O)C(=O)N[C@@H](Cc1cc(F)cc(F)c1)[C@H](O)CNCc1cccc(CC)c1)=S(=O)=O. The third kappa shape index (κ3) is 10.4. The zero-order valence-corrected chi connectivity index (χ0v) is 29.1. The minimum atomic E-state index is -2.87. The van der Waals surface area contributed by atoms with Gasteiger partial charge in [0.15, 0.2) is 0 Å². The van der Waals surface area contributed by atoms with Crippen LogP contribution in [0.5, 0.6) is 0 Å². The van der Waals surface area contributed by atoms with E-state index in [0.29, 0.717) is 38.3 Å². The zero-order chi connectivity index (χ0) is 35.6. The first-order valence-corrected chi connectivity index (χ1v) is 17.6. The second kappa shape index (κ2) is 17.6. The lowest BCUT2D eigenvalue weighted by Gasteiger charge is -2.30. The molecule has 4 N–H and O–H groups in total. The van der Waals surface area contributed by atoms with Gasteiger partial charge in [0.25, 0.3) is 5.91 Å². The number of benzene rings is 2. The van der Waals surface area contributed by atoms with E-state index in [2.05, 4.69) is 16.0 Å². The number of nitrogens with zero attached hydrogens (tertiary/aromatic N) is 1. The van der Waals surface area contributed by atoms with Gasteiger partial charge in [0.2, 0.25) is 16.2 Å². The van der Waals surface area contributed by atoms with Crippen molar-refractivity contribution in [3.63, 3.8) is 0 Å². The maximum atomic E-state index is 14.2. The number of urea groups is 1. The molecule has 0 aromatic heterocycles. The molecule has 1 heterocycles. The summed E-state index contributed by atoms with van der Waals surface area (Å²) in [6.07, 6.45) is 1.51. The maximum absolute atomic E-state index is 14.2. The number of aliphatic hydroxyl groups is 1. The van der Waals surface area contributed by atoms with Gasteiger partial charge in [-0.25, -0.2) is 13.6 Å². The van der Waals surface area contributed by atoms with Crippen molar-refractivity contribution in [2.45, 2.75) is 97.4 Å². The van der Waals surface area contributed by atoms with Crippen molar-refractivity contribution >= 4 is 33.0 Å². The van der Waals surface area contributed by atoms with E-state index in [4.69, 9.17) is 0 Å². The third-order valence-electron chi connectivity index (χ3n) is 8.59. The van der Waals surface area contributed by atoms with Crippen molar-refractivity contribution in [3.05, 3.63) is 70.8 Å². The average Bonchev–Trinajstić information content (AvgIpc) is 3.20. The summed E-state index contributed by atoms with van der Waals surface area (Å²) >= 11 is 0. The number of carbonyl (C=O) groups excluding carboxylic acids is 3. The molecule has 1 fully saturated rings. The first kappa shape index (κ1) is 38.8. The molecule has 0 bridgehead atoms. The van der Waals surface area contributed by atoms with E-state index in [-0.39, 0.29) is 23.4 Å². The van der Waals surface area contributed by atoms with Gasteiger partial charge in [-0.05, 0) is 74.3 Å². The minimum absolute atomic E-state index is 0.0245. The lowest BCUT2D eigenvalue weighted by Crippen LogP contribution is -2.54. The van der Waals surface area contributed by atoms with Crippen LogP contribution in [-0.4, -0.2) is 71.9 Å². The quantitative estimate of drug-likeness (QED) is 0.137. The highest BCUT2D eigenvalue weighted by Crippen LogP contribution is 2.25. The van der Waals surface area contributed by atoms with Gasteiger partial charge in [-0.1, -0.05) is 57.9 Å². The molecule has 1 unspecified atom stereocenters. The predicted octanol–water partition coefficient (Wildman–Crippen LogP) is 3.92. The molecule has 0 radical (unpaired) electrons. The van der Waals surface area contributed by atoms with Crippen LogP contribution in [0, 0.1) is 23.5 Å². The van der Waals surface area contributed by atoms with Crippen LogP contribution in [0.4, 0.5) is 13.6 Å². The minimum Gasteiger partial charge on any atom is -0.390 e. The normalized spacial score (nSPS) is 16.1. The third-order valence-corrected chi connectivity index (χ3v) is 9.59. The summed E-state index contributed by atoms with van der Waals surface area (Å²) in [6, 6.07) is 8.89. The Bertz CT molecular complexity index is 1560. The molecule has 0 aliphatic carbocycles. The van der Waals surface area contributed by atoms with Gasteiger partial charge < -0.3 is 21.1 Å². The lowest BCUT2D eigenvalue weighted by molar-refractivity contribution is -0.131. The molecule has 264 valence electrons. The standard InChI is InChI=1S/C35H48F2N4O6S/c1-6-10-25(11-7-2)31(48(46)47)28(21-41-33(44)35(4,5)40-34(41)45)32(43)39-29(17-24-15-26(36)18-27(37)16-24)30(42)20-38-19-23-13-9-12-22(8-3)14-23/h9,12-16,18,25,28-30,38,42H,6-8,10-11,17,19-21H2,1-5H3,(H,39,43)(H,40,45)/t28?,29-,30+/m0/s1. The Balaban J connectivity index is 1.98. The van der Waals surface area contributed by atoms with Crippen LogP contribution in [0.2, 0.25) is 0 Å². The van der Waals surface area contributed by atoms with Crippen LogP contribution >= 0.6 is 0 Å². The number of aryl methyl sites for hydroxylation is 1. The summed E-state index contributed by atoms with van der Waals surface area (Å²) in [6.45, 7) is 8.65. The van der Waals surface area contributed by atoms with E-state index in [0.717, 1.165) is 34.6 Å². The molecule has 10 nitrogen and oxygen atoms in total. The van der Waals surface area contributed by atoms with E-state index in [1.54, 1.807) is 0 Å². The van der Waals surface area contributed by atoms with Crippen LogP contribution in [0.25, 0.3) is 0 Å². The Labute approximate surface area is 283 Å². The second-order valence-corrected chi connectivity index (χ2v) is 13.8. The second-order valence-electron chi connectivity index (χ2n) is 12.9. The largest absolute Gasteiger partial charge is 0.390 e. The monoisotopic (exact) mass is 690 g/mol. The molecule has 1 saturated heterocycles. The summed E-state index contributed by atoms with van der Waals surface area (Å²) in [4.78, 5) is 40.9. The van der Waals surface area contributed by atoms with Crippen molar-refractivity contribution in [2.75, 3.05) is 13.1 Å². The van der Waals surface area contributed by atoms with Gasteiger partial charge >= 0.3 is 6.03 Å². The summed E-state index contributed by atoms with van der Waals surface area (Å²) < 4.78 is 54.0. The molecular weight excluding hydrogens is 642 g/mol. The Kier molecular flexibility index (Phi) is 14.2. The van der Waals surface area contributed by atoms with Crippen LogP contribution < -0.4 is 16.0 Å². The van der Waals surface area contributed by atoms with Gasteiger partial charge in [0.1, 0.15) is 17.2 Å². The molecule has 2 aromatic rings. The summed E-state index contributed by atoms with van der Waals surface area (Å²) in [5.74, 6) is -5.14. The van der Waals surface area contributed by atoms with E-state index in [1.807, 2.05) is 45.0 Å². The number of aliphatic hydroxyl groups excluding tert-OH is 1. The molecule has 3 rings (SSSR count). The summed E-state index contributed by atoms with van der Waals surface area (Å²) in [5.41, 5.74) is 1.01. The number of hydrogen-bond acceptors (Lipinski definition) is 7. The average molecular weight is 691 g/mol. The van der Waals surface area contributed by atoms with Gasteiger partial charge in [-0.2, -0.15) is 8.42 Å². The summed E-state index contributed by atoms with van der Waals surface area (Å²) in [5, 5.41) is 19.8. The van der Waals surface area contributed by atoms with Crippen molar-refractivity contribution in [2.24, 2.45) is 11.8 Å². The summed E-state index contributed by atoms with van der Waals surface area (Å²) in [7, 11) is -2.87. The van der Waals surface area contributed by atoms with Crippen molar-refractivity contribution in [3.8, 4) is 0 Å². The molecule has 4 amide bonds. The molecule has 0 saturated carbocycles. The number of carbonyl (C=O) groups is 3. The molecule has 1 aliphatic heterocycles. The van der Waals surface area contributed by atoms with Crippen LogP contribution in [0.15, 0.2) is 42.5 Å². The molecule has 3 atom stereocenters. The zero-order valence-electron chi connectivity index (χ0n) is 28.3.